The zero-order chi connectivity index (χ0) is 7.56. The van der Waals surface area contributed by atoms with E-state index in [2.05, 4.69) is 13.8 Å². The molecular formula is C9H19N. The molecule has 0 spiro atoms. The van der Waals surface area contributed by atoms with Crippen molar-refractivity contribution in [1.82, 2.24) is 0 Å². The fourth-order valence-corrected chi connectivity index (χ4v) is 2.23. The van der Waals surface area contributed by atoms with Crippen molar-refractivity contribution < 1.29 is 0 Å². The SMILES string of the molecule is CCC1C(C)CCCC1N. The van der Waals surface area contributed by atoms with Gasteiger partial charge in [0.15, 0.2) is 0 Å². The highest BCUT2D eigenvalue weighted by molar-refractivity contribution is 4.81. The van der Waals surface area contributed by atoms with Crippen LogP contribution in [0.25, 0.3) is 0 Å². The van der Waals surface area contributed by atoms with Gasteiger partial charge in [-0.3, -0.25) is 0 Å². The summed E-state index contributed by atoms with van der Waals surface area (Å²) in [5.74, 6) is 1.67. The molecule has 0 aromatic rings. The first-order valence-electron chi connectivity index (χ1n) is 4.51. The number of hydrogen-bond donors (Lipinski definition) is 1. The molecule has 0 bridgehead atoms. The van der Waals surface area contributed by atoms with Crippen LogP contribution in [0.1, 0.15) is 39.5 Å². The number of nitrogens with two attached hydrogens (primary N) is 1. The zero-order valence-corrected chi connectivity index (χ0v) is 7.14. The Morgan fingerprint density at radius 3 is 2.50 bits per heavy atom. The molecule has 1 rings (SSSR count). The second kappa shape index (κ2) is 3.38. The van der Waals surface area contributed by atoms with E-state index in [1.807, 2.05) is 0 Å². The first-order valence-corrected chi connectivity index (χ1v) is 4.51. The van der Waals surface area contributed by atoms with Gasteiger partial charge in [-0.15, -0.1) is 0 Å². The van der Waals surface area contributed by atoms with Crippen LogP contribution in [-0.2, 0) is 0 Å². The predicted octanol–water partition coefficient (Wildman–Crippen LogP) is 2.16. The third kappa shape index (κ3) is 1.51. The first-order chi connectivity index (χ1) is 4.75. The van der Waals surface area contributed by atoms with Crippen molar-refractivity contribution in [2.45, 2.75) is 45.6 Å². The molecule has 60 valence electrons. The van der Waals surface area contributed by atoms with E-state index in [4.69, 9.17) is 5.73 Å². The second-order valence-electron chi connectivity index (χ2n) is 3.64. The van der Waals surface area contributed by atoms with Gasteiger partial charge in [0.05, 0.1) is 0 Å². The minimum Gasteiger partial charge on any atom is -0.327 e. The van der Waals surface area contributed by atoms with Crippen LogP contribution in [0.5, 0.6) is 0 Å². The van der Waals surface area contributed by atoms with Crippen LogP contribution in [0.2, 0.25) is 0 Å². The standard InChI is InChI=1S/C9H19N/c1-3-8-7(2)5-4-6-9(8)10/h7-9H,3-6,10H2,1-2H3. The molecule has 0 aromatic carbocycles. The molecule has 0 heterocycles. The van der Waals surface area contributed by atoms with Crippen molar-refractivity contribution in [3.63, 3.8) is 0 Å². The van der Waals surface area contributed by atoms with Crippen molar-refractivity contribution in [1.29, 1.82) is 0 Å². The number of hydrogen-bond acceptors (Lipinski definition) is 1. The van der Waals surface area contributed by atoms with Crippen molar-refractivity contribution in [2.24, 2.45) is 17.6 Å². The van der Waals surface area contributed by atoms with Gasteiger partial charge in [0.2, 0.25) is 0 Å². The second-order valence-corrected chi connectivity index (χ2v) is 3.64. The Bertz CT molecular complexity index is 90.9. The molecule has 1 saturated carbocycles. The highest BCUT2D eigenvalue weighted by Gasteiger charge is 2.25. The molecule has 0 amide bonds. The minimum absolute atomic E-state index is 0.494. The van der Waals surface area contributed by atoms with Gasteiger partial charge in [-0.05, 0) is 18.3 Å². The molecule has 2 N–H and O–H groups in total. The van der Waals surface area contributed by atoms with E-state index >= 15 is 0 Å². The van der Waals surface area contributed by atoms with Crippen LogP contribution in [-0.4, -0.2) is 6.04 Å². The third-order valence-corrected chi connectivity index (χ3v) is 2.95. The van der Waals surface area contributed by atoms with Crippen molar-refractivity contribution in [2.75, 3.05) is 0 Å². The van der Waals surface area contributed by atoms with Crippen LogP contribution in [0, 0.1) is 11.8 Å². The first kappa shape index (κ1) is 8.06. The minimum atomic E-state index is 0.494. The smallest absolute Gasteiger partial charge is 0.00696 e. The summed E-state index contributed by atoms with van der Waals surface area (Å²) < 4.78 is 0. The molecule has 10 heavy (non-hydrogen) atoms. The lowest BCUT2D eigenvalue weighted by atomic mass is 9.76. The summed E-state index contributed by atoms with van der Waals surface area (Å²) in [6.07, 6.45) is 5.26. The van der Waals surface area contributed by atoms with Crippen LogP contribution in [0.4, 0.5) is 0 Å². The topological polar surface area (TPSA) is 26.0 Å². The lowest BCUT2D eigenvalue weighted by Gasteiger charge is -2.33. The summed E-state index contributed by atoms with van der Waals surface area (Å²) in [7, 11) is 0. The van der Waals surface area contributed by atoms with Crippen LogP contribution in [0.3, 0.4) is 0 Å². The van der Waals surface area contributed by atoms with E-state index in [9.17, 15) is 0 Å². The summed E-state index contributed by atoms with van der Waals surface area (Å²) in [6, 6.07) is 0.494. The van der Waals surface area contributed by atoms with Crippen molar-refractivity contribution >= 4 is 0 Å². The van der Waals surface area contributed by atoms with Crippen LogP contribution >= 0.6 is 0 Å². The quantitative estimate of drug-likeness (QED) is 0.595. The average molecular weight is 141 g/mol. The number of rotatable bonds is 1. The predicted molar refractivity (Wildman–Crippen MR) is 44.8 cm³/mol. The van der Waals surface area contributed by atoms with E-state index in [0.29, 0.717) is 6.04 Å². The molecule has 0 radical (unpaired) electrons. The zero-order valence-electron chi connectivity index (χ0n) is 7.14. The van der Waals surface area contributed by atoms with Crippen molar-refractivity contribution in [3.05, 3.63) is 0 Å². The Morgan fingerprint density at radius 2 is 2.10 bits per heavy atom. The summed E-state index contributed by atoms with van der Waals surface area (Å²) >= 11 is 0. The molecule has 1 aliphatic rings. The Labute approximate surface area is 64.0 Å². The van der Waals surface area contributed by atoms with Gasteiger partial charge in [-0.2, -0.15) is 0 Å². The van der Waals surface area contributed by atoms with Gasteiger partial charge in [0.25, 0.3) is 0 Å². The molecule has 3 atom stereocenters. The Hall–Kier alpha value is -0.0400. The molecule has 0 aromatic heterocycles. The van der Waals surface area contributed by atoms with E-state index in [0.717, 1.165) is 11.8 Å². The Morgan fingerprint density at radius 1 is 1.40 bits per heavy atom. The van der Waals surface area contributed by atoms with Gasteiger partial charge in [-0.1, -0.05) is 33.1 Å². The van der Waals surface area contributed by atoms with Gasteiger partial charge in [0.1, 0.15) is 0 Å². The maximum absolute atomic E-state index is 5.98. The molecule has 1 nitrogen and oxygen atoms in total. The van der Waals surface area contributed by atoms with Gasteiger partial charge in [0, 0.05) is 6.04 Å². The molecule has 0 aliphatic heterocycles. The maximum atomic E-state index is 5.98. The van der Waals surface area contributed by atoms with Gasteiger partial charge >= 0.3 is 0 Å². The van der Waals surface area contributed by atoms with E-state index in [-0.39, 0.29) is 0 Å². The fourth-order valence-electron chi connectivity index (χ4n) is 2.23. The monoisotopic (exact) mass is 141 g/mol. The van der Waals surface area contributed by atoms with E-state index in [1.54, 1.807) is 0 Å². The van der Waals surface area contributed by atoms with Gasteiger partial charge < -0.3 is 5.73 Å². The Kier molecular flexibility index (Phi) is 2.72. The summed E-state index contributed by atoms with van der Waals surface area (Å²) in [5.41, 5.74) is 5.98. The van der Waals surface area contributed by atoms with Crippen molar-refractivity contribution in [3.8, 4) is 0 Å². The average Bonchev–Trinajstić information content (AvgIpc) is 1.88. The summed E-state index contributed by atoms with van der Waals surface area (Å²) in [5, 5.41) is 0. The summed E-state index contributed by atoms with van der Waals surface area (Å²) in [4.78, 5) is 0. The third-order valence-electron chi connectivity index (χ3n) is 2.95. The van der Waals surface area contributed by atoms with E-state index < -0.39 is 0 Å². The molecule has 1 aliphatic carbocycles. The fraction of sp³-hybridized carbons (Fsp3) is 1.00. The maximum Gasteiger partial charge on any atom is 0.00696 e. The van der Waals surface area contributed by atoms with Crippen LogP contribution < -0.4 is 5.73 Å². The summed E-state index contributed by atoms with van der Waals surface area (Å²) in [6.45, 7) is 4.60. The lowest BCUT2D eigenvalue weighted by molar-refractivity contribution is 0.214. The molecule has 1 fully saturated rings. The molecule has 3 unspecified atom stereocenters. The van der Waals surface area contributed by atoms with Crippen LogP contribution in [0.15, 0.2) is 0 Å². The lowest BCUT2D eigenvalue weighted by Crippen LogP contribution is -2.37. The molecule has 0 saturated heterocycles. The largest absolute Gasteiger partial charge is 0.327 e. The van der Waals surface area contributed by atoms with Gasteiger partial charge in [-0.25, -0.2) is 0 Å². The highest BCUT2D eigenvalue weighted by Crippen LogP contribution is 2.30. The highest BCUT2D eigenvalue weighted by atomic mass is 14.7. The Balaban J connectivity index is 2.45. The molecule has 1 heteroatoms. The van der Waals surface area contributed by atoms with E-state index in [1.165, 1.54) is 25.7 Å². The molecular weight excluding hydrogens is 122 g/mol. The normalized spacial score (nSPS) is 41.7.